The second-order valence-electron chi connectivity index (χ2n) is 6.96. The fourth-order valence-electron chi connectivity index (χ4n) is 4.72. The average molecular weight is 250 g/mol. The average Bonchev–Trinajstić information content (AvgIpc) is 2.99. The van der Waals surface area contributed by atoms with Gasteiger partial charge in [-0.2, -0.15) is 0 Å². The zero-order chi connectivity index (χ0) is 12.3. The molecule has 4 fully saturated rings. The lowest BCUT2D eigenvalue weighted by atomic mass is 10.2. The number of likely N-dealkylation sites (tertiary alicyclic amines) is 2. The molecule has 0 aromatic heterocycles. The minimum absolute atomic E-state index is 0.687. The van der Waals surface area contributed by atoms with E-state index in [2.05, 4.69) is 21.7 Å². The fourth-order valence-corrected chi connectivity index (χ4v) is 4.72. The minimum atomic E-state index is 0.687. The van der Waals surface area contributed by atoms with E-state index in [1.807, 2.05) is 0 Å². The zero-order valence-corrected chi connectivity index (χ0v) is 11.5. The van der Waals surface area contributed by atoms with Gasteiger partial charge in [-0.1, -0.05) is 0 Å². The summed E-state index contributed by atoms with van der Waals surface area (Å²) in [4.78, 5) is 7.97. The Bertz CT molecular complexity index is 320. The lowest BCUT2D eigenvalue weighted by Crippen LogP contribution is -2.55. The van der Waals surface area contributed by atoms with Crippen LogP contribution in [0.4, 0.5) is 0 Å². The van der Waals surface area contributed by atoms with E-state index in [1.54, 1.807) is 0 Å². The second-order valence-corrected chi connectivity index (χ2v) is 6.96. The molecule has 0 aromatic rings. The molecule has 0 radical (unpaired) electrons. The van der Waals surface area contributed by atoms with Crippen molar-refractivity contribution in [2.24, 2.45) is 17.6 Å². The lowest BCUT2D eigenvalue weighted by molar-refractivity contribution is 0.0349. The summed E-state index contributed by atoms with van der Waals surface area (Å²) in [5.41, 5.74) is 5.97. The van der Waals surface area contributed by atoms with Gasteiger partial charge in [0, 0.05) is 44.3 Å². The first-order chi connectivity index (χ1) is 8.76. The molecular weight excluding hydrogens is 224 g/mol. The van der Waals surface area contributed by atoms with Crippen molar-refractivity contribution in [2.75, 3.05) is 39.9 Å². The molecule has 2 N–H and O–H groups in total. The Hall–Kier alpha value is -0.160. The van der Waals surface area contributed by atoms with Crippen molar-refractivity contribution >= 4 is 0 Å². The van der Waals surface area contributed by atoms with Gasteiger partial charge in [-0.3, -0.25) is 14.7 Å². The van der Waals surface area contributed by atoms with Crippen LogP contribution in [0.15, 0.2) is 0 Å². The molecule has 1 saturated carbocycles. The number of fused-ring (bicyclic) bond motifs is 3. The van der Waals surface area contributed by atoms with Crippen LogP contribution in [0.3, 0.4) is 0 Å². The number of piperazine rings is 1. The van der Waals surface area contributed by atoms with E-state index >= 15 is 0 Å². The van der Waals surface area contributed by atoms with Gasteiger partial charge in [0.2, 0.25) is 0 Å². The van der Waals surface area contributed by atoms with Crippen molar-refractivity contribution < 1.29 is 0 Å². The maximum atomic E-state index is 5.97. The van der Waals surface area contributed by atoms with E-state index < -0.39 is 0 Å². The van der Waals surface area contributed by atoms with Gasteiger partial charge < -0.3 is 5.73 Å². The summed E-state index contributed by atoms with van der Waals surface area (Å²) in [6.45, 7) is 5.90. The first kappa shape index (κ1) is 11.6. The van der Waals surface area contributed by atoms with E-state index in [-0.39, 0.29) is 0 Å². The summed E-state index contributed by atoms with van der Waals surface area (Å²) >= 11 is 0. The van der Waals surface area contributed by atoms with Crippen LogP contribution in [-0.4, -0.2) is 72.7 Å². The predicted molar refractivity (Wildman–Crippen MR) is 72.2 cm³/mol. The van der Waals surface area contributed by atoms with Crippen molar-refractivity contribution in [3.8, 4) is 0 Å². The normalized spacial score (nSPS) is 48.7. The van der Waals surface area contributed by atoms with Gasteiger partial charge in [0.05, 0.1) is 6.67 Å². The zero-order valence-electron chi connectivity index (χ0n) is 11.5. The Labute approximate surface area is 110 Å². The number of hydrogen-bond acceptors (Lipinski definition) is 4. The highest BCUT2D eigenvalue weighted by atomic mass is 15.4. The van der Waals surface area contributed by atoms with E-state index in [0.29, 0.717) is 6.04 Å². The largest absolute Gasteiger partial charge is 0.329 e. The first-order valence-electron chi connectivity index (χ1n) is 7.64. The molecule has 0 aromatic carbocycles. The molecular formula is C14H26N4. The summed E-state index contributed by atoms with van der Waals surface area (Å²) in [7, 11) is 2.31. The van der Waals surface area contributed by atoms with E-state index in [0.717, 1.165) is 30.5 Å². The number of piperidine rings is 1. The molecule has 18 heavy (non-hydrogen) atoms. The number of nitrogens with zero attached hydrogens (tertiary/aromatic N) is 3. The Morgan fingerprint density at radius 2 is 1.83 bits per heavy atom. The van der Waals surface area contributed by atoms with E-state index in [4.69, 9.17) is 5.73 Å². The number of nitrogens with two attached hydrogens (primary N) is 1. The molecule has 4 rings (SSSR count). The summed E-state index contributed by atoms with van der Waals surface area (Å²) in [5, 5.41) is 0. The smallest absolute Gasteiger partial charge is 0.0510 e. The highest BCUT2D eigenvalue weighted by Crippen LogP contribution is 2.49. The molecule has 3 heterocycles. The maximum absolute atomic E-state index is 5.97. The van der Waals surface area contributed by atoms with Crippen molar-refractivity contribution in [1.82, 2.24) is 14.7 Å². The summed E-state index contributed by atoms with van der Waals surface area (Å²) < 4.78 is 0. The van der Waals surface area contributed by atoms with Crippen molar-refractivity contribution in [2.45, 2.75) is 37.4 Å². The van der Waals surface area contributed by atoms with Crippen molar-refractivity contribution in [3.63, 3.8) is 0 Å². The Balaban J connectivity index is 1.38. The van der Waals surface area contributed by atoms with Gasteiger partial charge >= 0.3 is 0 Å². The van der Waals surface area contributed by atoms with Crippen LogP contribution in [-0.2, 0) is 0 Å². The Kier molecular flexibility index (Phi) is 2.70. The Morgan fingerprint density at radius 1 is 1.11 bits per heavy atom. The molecule has 2 bridgehead atoms. The topological polar surface area (TPSA) is 35.7 Å². The van der Waals surface area contributed by atoms with Crippen molar-refractivity contribution in [1.29, 1.82) is 0 Å². The molecule has 1 aliphatic carbocycles. The van der Waals surface area contributed by atoms with Crippen LogP contribution in [0, 0.1) is 11.8 Å². The molecule has 4 nitrogen and oxygen atoms in total. The van der Waals surface area contributed by atoms with E-state index in [9.17, 15) is 0 Å². The van der Waals surface area contributed by atoms with Crippen LogP contribution in [0.2, 0.25) is 0 Å². The van der Waals surface area contributed by atoms with Gasteiger partial charge in [0.25, 0.3) is 0 Å². The summed E-state index contributed by atoms with van der Waals surface area (Å²) in [5.74, 6) is 1.93. The van der Waals surface area contributed by atoms with Gasteiger partial charge in [-0.05, 0) is 38.1 Å². The van der Waals surface area contributed by atoms with Crippen LogP contribution in [0.1, 0.15) is 19.3 Å². The molecule has 4 aliphatic rings. The third-order valence-electron chi connectivity index (χ3n) is 5.96. The number of rotatable bonds is 3. The fraction of sp³-hybridized carbons (Fsp3) is 1.00. The third kappa shape index (κ3) is 1.73. The molecule has 5 atom stereocenters. The molecule has 0 spiro atoms. The SMILES string of the molecule is CN1C2CCC1CN(CN1CC3CC3C1CN)C2. The number of hydrogen-bond donors (Lipinski definition) is 1. The van der Waals surface area contributed by atoms with Gasteiger partial charge in [-0.15, -0.1) is 0 Å². The minimum Gasteiger partial charge on any atom is -0.329 e. The molecule has 0 amide bonds. The van der Waals surface area contributed by atoms with Gasteiger partial charge in [0.1, 0.15) is 0 Å². The summed E-state index contributed by atoms with van der Waals surface area (Å²) in [6.07, 6.45) is 4.26. The highest BCUT2D eigenvalue weighted by molar-refractivity contribution is 5.05. The third-order valence-corrected chi connectivity index (χ3v) is 5.96. The van der Waals surface area contributed by atoms with Crippen molar-refractivity contribution in [3.05, 3.63) is 0 Å². The van der Waals surface area contributed by atoms with Crippen LogP contribution in [0.5, 0.6) is 0 Å². The summed E-state index contributed by atoms with van der Waals surface area (Å²) in [6, 6.07) is 2.32. The lowest BCUT2D eigenvalue weighted by Gasteiger charge is -2.41. The quantitative estimate of drug-likeness (QED) is 0.765. The predicted octanol–water partition coefficient (Wildman–Crippen LogP) is 0.00130. The molecule has 4 heteroatoms. The first-order valence-corrected chi connectivity index (χ1v) is 7.64. The molecule has 3 aliphatic heterocycles. The molecule has 102 valence electrons. The maximum Gasteiger partial charge on any atom is 0.0510 e. The molecule has 3 saturated heterocycles. The Morgan fingerprint density at radius 3 is 2.50 bits per heavy atom. The van der Waals surface area contributed by atoms with Crippen LogP contribution >= 0.6 is 0 Å². The standard InChI is InChI=1S/C14H26N4/c1-16-11-2-3-12(16)8-17(7-11)9-18-6-10-4-13(10)14(18)5-15/h10-14H,2-9,15H2,1H3. The number of likely N-dealkylation sites (N-methyl/N-ethyl adjacent to an activating group) is 1. The van der Waals surface area contributed by atoms with Crippen LogP contribution in [0.25, 0.3) is 0 Å². The van der Waals surface area contributed by atoms with Gasteiger partial charge in [-0.25, -0.2) is 0 Å². The molecule has 5 unspecified atom stereocenters. The van der Waals surface area contributed by atoms with Crippen LogP contribution < -0.4 is 5.73 Å². The highest BCUT2D eigenvalue weighted by Gasteiger charge is 2.52. The monoisotopic (exact) mass is 250 g/mol. The van der Waals surface area contributed by atoms with E-state index in [1.165, 1.54) is 45.6 Å². The van der Waals surface area contributed by atoms with Gasteiger partial charge in [0.15, 0.2) is 0 Å². The second kappa shape index (κ2) is 4.17.